The molecule has 1 fully saturated rings. The van der Waals surface area contributed by atoms with E-state index in [-0.39, 0.29) is 4.90 Å². The summed E-state index contributed by atoms with van der Waals surface area (Å²) in [5.41, 5.74) is 2.42. The quantitative estimate of drug-likeness (QED) is 0.623. The smallest absolute Gasteiger partial charge is 0.240 e. The van der Waals surface area contributed by atoms with E-state index in [0.717, 1.165) is 48.3 Å². The van der Waals surface area contributed by atoms with E-state index in [1.54, 1.807) is 18.3 Å². The fraction of sp³-hybridized carbons (Fsp3) is 0.333. The van der Waals surface area contributed by atoms with Gasteiger partial charge in [0.25, 0.3) is 0 Å². The van der Waals surface area contributed by atoms with Crippen LogP contribution in [0.25, 0.3) is 11.0 Å². The summed E-state index contributed by atoms with van der Waals surface area (Å²) in [5, 5.41) is 4.18. The van der Waals surface area contributed by atoms with Gasteiger partial charge in [-0.25, -0.2) is 23.1 Å². The Kier molecular flexibility index (Phi) is 4.71. The molecule has 0 unspecified atom stereocenters. The Morgan fingerprint density at radius 2 is 1.93 bits per heavy atom. The second-order valence-corrected chi connectivity index (χ2v) is 8.41. The van der Waals surface area contributed by atoms with E-state index in [4.69, 9.17) is 0 Å². The largest absolute Gasteiger partial charge is 0.370 e. The number of fused-ring (bicyclic) bond motifs is 1. The molecule has 27 heavy (non-hydrogen) atoms. The highest BCUT2D eigenvalue weighted by Gasteiger charge is 2.19. The Bertz CT molecular complexity index is 1060. The first kappa shape index (κ1) is 17.7. The third kappa shape index (κ3) is 3.47. The lowest BCUT2D eigenvalue weighted by Gasteiger charge is -2.31. The number of rotatable bonds is 5. The van der Waals surface area contributed by atoms with Gasteiger partial charge in [-0.05, 0) is 50.6 Å². The molecule has 142 valence electrons. The van der Waals surface area contributed by atoms with Crippen LogP contribution >= 0.6 is 0 Å². The zero-order valence-corrected chi connectivity index (χ0v) is 15.9. The van der Waals surface area contributed by atoms with Gasteiger partial charge in [0, 0.05) is 19.3 Å². The second kappa shape index (κ2) is 7.16. The third-order valence-electron chi connectivity index (χ3n) is 4.85. The topological polar surface area (TPSA) is 103 Å². The number of nitrogens with zero attached hydrogens (tertiary/aromatic N) is 3. The summed E-state index contributed by atoms with van der Waals surface area (Å²) in [4.78, 5) is 14.1. The van der Waals surface area contributed by atoms with Crippen LogP contribution in [0.15, 0.2) is 41.7 Å². The number of benzene rings is 1. The SMILES string of the molecule is CNS(=O)(=O)c1ccc(N2CCCCC2)c(Nc2ncnc3[nH]ccc23)c1. The van der Waals surface area contributed by atoms with Gasteiger partial charge in [0.1, 0.15) is 17.8 Å². The maximum atomic E-state index is 12.3. The lowest BCUT2D eigenvalue weighted by molar-refractivity contribution is 0.577. The summed E-state index contributed by atoms with van der Waals surface area (Å²) in [6, 6.07) is 7.07. The predicted molar refractivity (Wildman–Crippen MR) is 106 cm³/mol. The molecule has 0 spiro atoms. The molecule has 2 aromatic heterocycles. The summed E-state index contributed by atoms with van der Waals surface area (Å²) in [6.07, 6.45) is 6.77. The Labute approximate surface area is 158 Å². The van der Waals surface area contributed by atoms with Gasteiger partial charge in [0.05, 0.1) is 21.7 Å². The Balaban J connectivity index is 1.79. The first-order chi connectivity index (χ1) is 13.1. The summed E-state index contributed by atoms with van der Waals surface area (Å²) in [5.74, 6) is 0.638. The lowest BCUT2D eigenvalue weighted by atomic mass is 10.1. The number of anilines is 3. The molecule has 4 rings (SSSR count). The van der Waals surface area contributed by atoms with Crippen molar-refractivity contribution >= 4 is 38.2 Å². The predicted octanol–water partition coefficient (Wildman–Crippen LogP) is 2.60. The number of nitrogens with one attached hydrogen (secondary N) is 3. The minimum Gasteiger partial charge on any atom is -0.370 e. The van der Waals surface area contributed by atoms with Gasteiger partial charge in [0.2, 0.25) is 10.0 Å². The van der Waals surface area contributed by atoms with Crippen molar-refractivity contribution in [2.45, 2.75) is 24.2 Å². The average molecular weight is 386 g/mol. The lowest BCUT2D eigenvalue weighted by Crippen LogP contribution is -2.30. The molecule has 9 heteroatoms. The van der Waals surface area contributed by atoms with Crippen LogP contribution in [0.1, 0.15) is 19.3 Å². The summed E-state index contributed by atoms with van der Waals surface area (Å²) in [7, 11) is -2.13. The molecule has 0 saturated carbocycles. The molecule has 0 atom stereocenters. The van der Waals surface area contributed by atoms with E-state index in [1.165, 1.54) is 19.8 Å². The number of piperidine rings is 1. The maximum absolute atomic E-state index is 12.3. The molecule has 3 N–H and O–H groups in total. The third-order valence-corrected chi connectivity index (χ3v) is 6.26. The van der Waals surface area contributed by atoms with E-state index in [0.29, 0.717) is 5.82 Å². The summed E-state index contributed by atoms with van der Waals surface area (Å²) in [6.45, 7) is 1.91. The molecule has 1 aromatic carbocycles. The number of hydrogen-bond donors (Lipinski definition) is 3. The van der Waals surface area contributed by atoms with E-state index in [9.17, 15) is 8.42 Å². The van der Waals surface area contributed by atoms with Crippen LogP contribution in [0, 0.1) is 0 Å². The normalized spacial score (nSPS) is 15.2. The van der Waals surface area contributed by atoms with Gasteiger partial charge in [-0.3, -0.25) is 0 Å². The van der Waals surface area contributed by atoms with Crippen molar-refractivity contribution in [1.82, 2.24) is 19.7 Å². The second-order valence-electron chi connectivity index (χ2n) is 6.52. The molecule has 1 aliphatic rings. The van der Waals surface area contributed by atoms with E-state index in [2.05, 4.69) is 29.9 Å². The number of H-pyrrole nitrogens is 1. The van der Waals surface area contributed by atoms with Crippen LogP contribution in [-0.2, 0) is 10.0 Å². The van der Waals surface area contributed by atoms with Crippen molar-refractivity contribution in [2.24, 2.45) is 0 Å². The Hall–Kier alpha value is -2.65. The molecule has 3 heterocycles. The van der Waals surface area contributed by atoms with Crippen molar-refractivity contribution in [1.29, 1.82) is 0 Å². The maximum Gasteiger partial charge on any atom is 0.240 e. The van der Waals surface area contributed by atoms with Gasteiger partial charge < -0.3 is 15.2 Å². The molecule has 8 nitrogen and oxygen atoms in total. The van der Waals surface area contributed by atoms with Gasteiger partial charge in [-0.15, -0.1) is 0 Å². The fourth-order valence-electron chi connectivity index (χ4n) is 3.41. The van der Waals surface area contributed by atoms with Crippen molar-refractivity contribution in [3.8, 4) is 0 Å². The van der Waals surface area contributed by atoms with E-state index >= 15 is 0 Å². The molecule has 0 radical (unpaired) electrons. The van der Waals surface area contributed by atoms with Crippen molar-refractivity contribution in [3.05, 3.63) is 36.8 Å². The standard InChI is InChI=1S/C18H22N6O2S/c1-19-27(25,26)13-5-6-16(24-9-3-2-4-10-24)15(11-13)23-18-14-7-8-20-17(14)21-12-22-18/h5-8,11-12,19H,2-4,9-10H2,1H3,(H2,20,21,22,23). The number of aromatic amines is 1. The van der Waals surface area contributed by atoms with Crippen molar-refractivity contribution < 1.29 is 8.42 Å². The van der Waals surface area contributed by atoms with Gasteiger partial charge in [0.15, 0.2) is 0 Å². The van der Waals surface area contributed by atoms with E-state index in [1.807, 2.05) is 12.1 Å². The highest BCUT2D eigenvalue weighted by molar-refractivity contribution is 7.89. The number of sulfonamides is 1. The molecular formula is C18H22N6O2S. The van der Waals surface area contributed by atoms with E-state index < -0.39 is 10.0 Å². The van der Waals surface area contributed by atoms with Gasteiger partial charge in [-0.2, -0.15) is 0 Å². The molecule has 0 amide bonds. The van der Waals surface area contributed by atoms with Crippen LogP contribution in [0.4, 0.5) is 17.2 Å². The van der Waals surface area contributed by atoms with Crippen LogP contribution < -0.4 is 14.9 Å². The molecule has 0 bridgehead atoms. The highest BCUT2D eigenvalue weighted by atomic mass is 32.2. The van der Waals surface area contributed by atoms with Gasteiger partial charge in [-0.1, -0.05) is 0 Å². The van der Waals surface area contributed by atoms with Gasteiger partial charge >= 0.3 is 0 Å². The van der Waals surface area contributed by atoms with Crippen LogP contribution in [0.5, 0.6) is 0 Å². The van der Waals surface area contributed by atoms with Crippen molar-refractivity contribution in [3.63, 3.8) is 0 Å². The summed E-state index contributed by atoms with van der Waals surface area (Å²) < 4.78 is 26.9. The van der Waals surface area contributed by atoms with Crippen LogP contribution in [0.2, 0.25) is 0 Å². The first-order valence-electron chi connectivity index (χ1n) is 8.96. The van der Waals surface area contributed by atoms with Crippen LogP contribution in [-0.4, -0.2) is 43.5 Å². The Morgan fingerprint density at radius 3 is 2.70 bits per heavy atom. The van der Waals surface area contributed by atoms with Crippen LogP contribution in [0.3, 0.4) is 0 Å². The fourth-order valence-corrected chi connectivity index (χ4v) is 4.17. The Morgan fingerprint density at radius 1 is 1.11 bits per heavy atom. The molecule has 1 aliphatic heterocycles. The zero-order chi connectivity index (χ0) is 18.9. The first-order valence-corrected chi connectivity index (χ1v) is 10.4. The molecular weight excluding hydrogens is 364 g/mol. The monoisotopic (exact) mass is 386 g/mol. The highest BCUT2D eigenvalue weighted by Crippen LogP contribution is 2.34. The molecule has 3 aromatic rings. The summed E-state index contributed by atoms with van der Waals surface area (Å²) >= 11 is 0. The molecule has 1 saturated heterocycles. The number of aromatic nitrogens is 3. The average Bonchev–Trinajstić information content (AvgIpc) is 3.18. The van der Waals surface area contributed by atoms with Crippen molar-refractivity contribution in [2.75, 3.05) is 30.4 Å². The zero-order valence-electron chi connectivity index (χ0n) is 15.1. The molecule has 0 aliphatic carbocycles. The number of hydrogen-bond acceptors (Lipinski definition) is 6. The minimum absolute atomic E-state index is 0.215. The minimum atomic E-state index is -3.54.